The monoisotopic (exact) mass is 484 g/mol. The quantitative estimate of drug-likeness (QED) is 0.204. The fraction of sp³-hybridized carbons (Fsp3) is 0.0345. The van der Waals surface area contributed by atoms with Gasteiger partial charge in [-0.3, -0.25) is 9.59 Å². The molecule has 4 aromatic rings. The zero-order chi connectivity index (χ0) is 24.2. The lowest BCUT2D eigenvalue weighted by molar-refractivity contribution is -0.108. The van der Waals surface area contributed by atoms with Crippen molar-refractivity contribution < 1.29 is 14.0 Å². The lowest BCUT2D eigenvalue weighted by Crippen LogP contribution is -1.91. The van der Waals surface area contributed by atoms with Crippen molar-refractivity contribution in [3.8, 4) is 22.3 Å². The van der Waals surface area contributed by atoms with Gasteiger partial charge in [0.05, 0.1) is 4.90 Å². The third-order valence-electron chi connectivity index (χ3n) is 5.27. The highest BCUT2D eigenvalue weighted by Gasteiger charge is 2.13. The first-order valence-electron chi connectivity index (χ1n) is 10.5. The van der Waals surface area contributed by atoms with E-state index in [1.54, 1.807) is 13.0 Å². The Bertz CT molecular complexity index is 1440. The smallest absolute Gasteiger partial charge is 0.219 e. The fourth-order valence-corrected chi connectivity index (χ4v) is 4.86. The van der Waals surface area contributed by atoms with E-state index in [0.717, 1.165) is 61.4 Å². The van der Waals surface area contributed by atoms with E-state index >= 15 is 0 Å². The van der Waals surface area contributed by atoms with Gasteiger partial charge in [0.15, 0.2) is 0 Å². The van der Waals surface area contributed by atoms with Crippen molar-refractivity contribution in [3.63, 3.8) is 0 Å². The second-order valence-electron chi connectivity index (χ2n) is 7.67. The second kappa shape index (κ2) is 10.2. The van der Waals surface area contributed by atoms with Crippen LogP contribution in [0.3, 0.4) is 0 Å². The first kappa shape index (κ1) is 23.7. The van der Waals surface area contributed by atoms with Crippen molar-refractivity contribution in [2.24, 2.45) is 0 Å². The van der Waals surface area contributed by atoms with Crippen LogP contribution in [0.2, 0.25) is 0 Å². The molecule has 0 aliphatic rings. The van der Waals surface area contributed by atoms with Gasteiger partial charge in [-0.1, -0.05) is 67.8 Å². The Morgan fingerprint density at radius 2 is 1.41 bits per heavy atom. The Hall–Kier alpha value is -3.41. The van der Waals surface area contributed by atoms with Gasteiger partial charge in [-0.05, 0) is 99.4 Å². The molecule has 0 aromatic heterocycles. The average molecular weight is 485 g/mol. The number of rotatable bonds is 6. The van der Waals surface area contributed by atoms with Gasteiger partial charge in [0, 0.05) is 4.90 Å². The van der Waals surface area contributed by atoms with E-state index in [-0.39, 0.29) is 15.1 Å². The summed E-state index contributed by atoms with van der Waals surface area (Å²) in [5.41, 5.74) is 4.23. The number of hydrogen-bond acceptors (Lipinski definition) is 4. The Balaban J connectivity index is 1.72. The minimum absolute atomic E-state index is 0.0481. The highest BCUT2D eigenvalue weighted by atomic mass is 32.2. The molecule has 34 heavy (non-hydrogen) atoms. The van der Waals surface area contributed by atoms with Gasteiger partial charge in [-0.15, -0.1) is 0 Å². The molecule has 0 saturated heterocycles. The van der Waals surface area contributed by atoms with Gasteiger partial charge in [-0.25, -0.2) is 4.39 Å². The van der Waals surface area contributed by atoms with Crippen molar-refractivity contribution in [1.29, 1.82) is 0 Å². The van der Waals surface area contributed by atoms with Gasteiger partial charge in [0.1, 0.15) is 5.82 Å². The van der Waals surface area contributed by atoms with Crippen LogP contribution in [0.4, 0.5) is 4.39 Å². The Labute approximate surface area is 206 Å². The molecule has 0 bridgehead atoms. The predicted octanol–water partition coefficient (Wildman–Crippen LogP) is 8.31. The maximum absolute atomic E-state index is 14.7. The van der Waals surface area contributed by atoms with E-state index in [4.69, 9.17) is 0 Å². The summed E-state index contributed by atoms with van der Waals surface area (Å²) in [5.74, 6) is -0.441. The van der Waals surface area contributed by atoms with Crippen LogP contribution in [0.5, 0.6) is 0 Å². The van der Waals surface area contributed by atoms with Gasteiger partial charge in [0.2, 0.25) is 10.2 Å². The summed E-state index contributed by atoms with van der Waals surface area (Å²) in [6.45, 7) is 8.83. The summed E-state index contributed by atoms with van der Waals surface area (Å²) in [6, 6.07) is 24.8. The minimum atomic E-state index is -0.441. The minimum Gasteiger partial charge on any atom is -0.282 e. The molecule has 0 atom stereocenters. The van der Waals surface area contributed by atoms with Crippen LogP contribution >= 0.6 is 23.5 Å². The Morgan fingerprint density at radius 1 is 0.824 bits per heavy atom. The van der Waals surface area contributed by atoms with Crippen molar-refractivity contribution in [2.45, 2.75) is 16.7 Å². The predicted molar refractivity (Wildman–Crippen MR) is 142 cm³/mol. The molecule has 4 rings (SSSR count). The first-order valence-corrected chi connectivity index (χ1v) is 12.1. The van der Waals surface area contributed by atoms with E-state index in [1.165, 1.54) is 12.1 Å². The van der Waals surface area contributed by atoms with Crippen molar-refractivity contribution in [1.82, 2.24) is 0 Å². The SMILES string of the molecule is C=CC(=O)Sc1ccc(-c2cccc3c(-c4ccc(SC(=O)C(=C)C)cc4)cccc23)cc1F. The standard InChI is InChI=1S/C29H21FO2S2/c1-4-28(31)34-27-16-13-20(17-26(27)30)23-8-6-9-24-22(7-5-10-25(23)24)19-11-14-21(15-12-19)33-29(32)18(2)3/h4-17H,1-2H2,3H3. The van der Waals surface area contributed by atoms with Crippen molar-refractivity contribution in [3.05, 3.63) is 109 Å². The maximum Gasteiger partial charge on any atom is 0.219 e. The molecule has 0 heterocycles. The largest absolute Gasteiger partial charge is 0.282 e. The highest BCUT2D eigenvalue weighted by molar-refractivity contribution is 8.14. The van der Waals surface area contributed by atoms with Crippen LogP contribution < -0.4 is 0 Å². The molecule has 0 unspecified atom stereocenters. The Morgan fingerprint density at radius 3 is 1.97 bits per heavy atom. The lowest BCUT2D eigenvalue weighted by Gasteiger charge is -2.12. The molecule has 0 amide bonds. The molecule has 0 fully saturated rings. The normalized spacial score (nSPS) is 10.8. The van der Waals surface area contributed by atoms with Gasteiger partial charge >= 0.3 is 0 Å². The molecule has 0 radical (unpaired) electrons. The number of hydrogen-bond donors (Lipinski definition) is 0. The molecule has 0 aliphatic heterocycles. The van der Waals surface area contributed by atoms with Gasteiger partial charge in [0.25, 0.3) is 0 Å². The van der Waals surface area contributed by atoms with Crippen LogP contribution in [0, 0.1) is 5.82 Å². The average Bonchev–Trinajstić information content (AvgIpc) is 2.85. The molecule has 4 aromatic carbocycles. The van der Waals surface area contributed by atoms with Crippen LogP contribution in [0.1, 0.15) is 6.92 Å². The molecule has 0 N–H and O–H groups in total. The summed E-state index contributed by atoms with van der Waals surface area (Å²) in [4.78, 5) is 24.7. The molecule has 5 heteroatoms. The first-order chi connectivity index (χ1) is 16.4. The number of carbonyl (C=O) groups excluding carboxylic acids is 2. The molecule has 0 spiro atoms. The zero-order valence-corrected chi connectivity index (χ0v) is 20.1. The van der Waals surface area contributed by atoms with Gasteiger partial charge in [-0.2, -0.15) is 0 Å². The zero-order valence-electron chi connectivity index (χ0n) is 18.5. The topological polar surface area (TPSA) is 34.1 Å². The third kappa shape index (κ3) is 5.06. The van der Waals surface area contributed by atoms with Crippen LogP contribution in [0.25, 0.3) is 33.0 Å². The van der Waals surface area contributed by atoms with Crippen LogP contribution in [-0.4, -0.2) is 10.2 Å². The molecular formula is C29H21FO2S2. The van der Waals surface area contributed by atoms with Crippen molar-refractivity contribution in [2.75, 3.05) is 0 Å². The highest BCUT2D eigenvalue weighted by Crippen LogP contribution is 2.37. The van der Waals surface area contributed by atoms with E-state index in [2.05, 4.69) is 19.2 Å². The number of thioether (sulfide) groups is 2. The summed E-state index contributed by atoms with van der Waals surface area (Å²) in [7, 11) is 0. The van der Waals surface area contributed by atoms with E-state index in [1.807, 2.05) is 60.7 Å². The van der Waals surface area contributed by atoms with Gasteiger partial charge < -0.3 is 0 Å². The number of halogens is 1. The Kier molecular flexibility index (Phi) is 7.15. The summed E-state index contributed by atoms with van der Waals surface area (Å²) in [5, 5.41) is 1.69. The molecule has 2 nitrogen and oxygen atoms in total. The number of benzene rings is 4. The third-order valence-corrected chi connectivity index (χ3v) is 7.23. The van der Waals surface area contributed by atoms with E-state index in [0.29, 0.717) is 5.57 Å². The summed E-state index contributed by atoms with van der Waals surface area (Å²) in [6.07, 6.45) is 1.17. The van der Waals surface area contributed by atoms with Crippen molar-refractivity contribution >= 4 is 44.5 Å². The summed E-state index contributed by atoms with van der Waals surface area (Å²) < 4.78 is 14.7. The van der Waals surface area contributed by atoms with E-state index in [9.17, 15) is 14.0 Å². The molecule has 0 saturated carbocycles. The fourth-order valence-electron chi connectivity index (χ4n) is 3.61. The lowest BCUT2D eigenvalue weighted by atomic mass is 9.93. The summed E-state index contributed by atoms with van der Waals surface area (Å²) >= 11 is 1.99. The van der Waals surface area contributed by atoms with Crippen LogP contribution in [0.15, 0.2) is 113 Å². The number of fused-ring (bicyclic) bond motifs is 1. The van der Waals surface area contributed by atoms with Crippen LogP contribution in [-0.2, 0) is 9.59 Å². The molecule has 168 valence electrons. The number of carbonyl (C=O) groups is 2. The maximum atomic E-state index is 14.7. The molecular weight excluding hydrogens is 463 g/mol. The van der Waals surface area contributed by atoms with E-state index < -0.39 is 5.82 Å². The second-order valence-corrected chi connectivity index (χ2v) is 9.76. The molecule has 0 aliphatic carbocycles.